The molecule has 142 valence electrons. The lowest BCUT2D eigenvalue weighted by molar-refractivity contribution is -0.137. The highest BCUT2D eigenvalue weighted by molar-refractivity contribution is 5.97. The number of aromatic hydroxyl groups is 1. The van der Waals surface area contributed by atoms with Crippen LogP contribution in [0.4, 0.5) is 5.69 Å². The summed E-state index contributed by atoms with van der Waals surface area (Å²) >= 11 is 0. The Kier molecular flexibility index (Phi) is 6.93. The number of amides is 2. The van der Waals surface area contributed by atoms with Crippen LogP contribution in [0.2, 0.25) is 0 Å². The molecule has 0 fully saturated rings. The van der Waals surface area contributed by atoms with Gasteiger partial charge in [0.15, 0.2) is 0 Å². The molecule has 7 heteroatoms. The number of aliphatic carboxylic acids is 1. The molecule has 0 atom stereocenters. The van der Waals surface area contributed by atoms with Gasteiger partial charge in [-0.05, 0) is 48.7 Å². The van der Waals surface area contributed by atoms with Crippen LogP contribution in [0.15, 0.2) is 42.5 Å². The number of benzene rings is 2. The van der Waals surface area contributed by atoms with Crippen molar-refractivity contribution in [3.8, 4) is 5.75 Å². The molecule has 0 bridgehead atoms. The Labute approximate surface area is 157 Å². The van der Waals surface area contributed by atoms with Gasteiger partial charge in [0.1, 0.15) is 5.75 Å². The fourth-order valence-electron chi connectivity index (χ4n) is 2.50. The molecule has 2 aromatic carbocycles. The SMILES string of the molecule is Cc1ccc(C(=O)NCCC(=O)Nc2cccc(CCC(=O)O)c2)c(O)c1. The summed E-state index contributed by atoms with van der Waals surface area (Å²) in [5.41, 5.74) is 2.39. The quantitative estimate of drug-likeness (QED) is 0.570. The van der Waals surface area contributed by atoms with E-state index in [4.69, 9.17) is 5.11 Å². The molecule has 2 rings (SSSR count). The molecule has 0 aromatic heterocycles. The molecule has 0 unspecified atom stereocenters. The van der Waals surface area contributed by atoms with Gasteiger partial charge in [0.2, 0.25) is 5.91 Å². The van der Waals surface area contributed by atoms with E-state index in [0.717, 1.165) is 11.1 Å². The Bertz CT molecular complexity index is 848. The third-order valence-corrected chi connectivity index (χ3v) is 3.87. The maximum atomic E-state index is 12.0. The Balaban J connectivity index is 1.81. The summed E-state index contributed by atoms with van der Waals surface area (Å²) in [4.78, 5) is 34.7. The second-order valence-corrected chi connectivity index (χ2v) is 6.17. The fraction of sp³-hybridized carbons (Fsp3) is 0.250. The van der Waals surface area contributed by atoms with Gasteiger partial charge in [-0.25, -0.2) is 0 Å². The average Bonchev–Trinajstić information content (AvgIpc) is 2.60. The van der Waals surface area contributed by atoms with E-state index in [-0.39, 0.29) is 36.6 Å². The number of carboxylic acid groups (broad SMARTS) is 1. The van der Waals surface area contributed by atoms with Crippen molar-refractivity contribution in [2.75, 3.05) is 11.9 Å². The van der Waals surface area contributed by atoms with Gasteiger partial charge in [0.25, 0.3) is 5.91 Å². The Morgan fingerprint density at radius 1 is 1.04 bits per heavy atom. The highest BCUT2D eigenvalue weighted by Gasteiger charge is 2.11. The summed E-state index contributed by atoms with van der Waals surface area (Å²) in [5.74, 6) is -1.70. The van der Waals surface area contributed by atoms with Crippen LogP contribution in [0.3, 0.4) is 0 Å². The summed E-state index contributed by atoms with van der Waals surface area (Å²) in [6, 6.07) is 11.7. The zero-order valence-corrected chi connectivity index (χ0v) is 15.0. The number of phenolic OH excluding ortho intramolecular Hbond substituents is 1. The van der Waals surface area contributed by atoms with Crippen molar-refractivity contribution >= 4 is 23.5 Å². The highest BCUT2D eigenvalue weighted by Crippen LogP contribution is 2.18. The van der Waals surface area contributed by atoms with Crippen LogP contribution in [0.1, 0.15) is 34.3 Å². The smallest absolute Gasteiger partial charge is 0.303 e. The van der Waals surface area contributed by atoms with Crippen LogP contribution >= 0.6 is 0 Å². The lowest BCUT2D eigenvalue weighted by Crippen LogP contribution is -2.27. The second kappa shape index (κ2) is 9.38. The van der Waals surface area contributed by atoms with Crippen LogP contribution in [0.5, 0.6) is 5.75 Å². The molecular weight excluding hydrogens is 348 g/mol. The number of hydrogen-bond donors (Lipinski definition) is 4. The third kappa shape index (κ3) is 6.47. The summed E-state index contributed by atoms with van der Waals surface area (Å²) < 4.78 is 0. The molecule has 0 aliphatic heterocycles. The summed E-state index contributed by atoms with van der Waals surface area (Å²) in [6.07, 6.45) is 0.474. The second-order valence-electron chi connectivity index (χ2n) is 6.17. The minimum absolute atomic E-state index is 0.0231. The molecule has 0 radical (unpaired) electrons. The van der Waals surface area contributed by atoms with Gasteiger partial charge in [-0.15, -0.1) is 0 Å². The number of carbonyl (C=O) groups excluding carboxylic acids is 2. The fourth-order valence-corrected chi connectivity index (χ4v) is 2.50. The number of nitrogens with one attached hydrogen (secondary N) is 2. The summed E-state index contributed by atoms with van der Waals surface area (Å²) in [7, 11) is 0. The molecule has 0 heterocycles. The average molecular weight is 370 g/mol. The Hall–Kier alpha value is -3.35. The predicted molar refractivity (Wildman–Crippen MR) is 101 cm³/mol. The first kappa shape index (κ1) is 20.0. The molecule has 0 saturated carbocycles. The van der Waals surface area contributed by atoms with Crippen molar-refractivity contribution in [2.45, 2.75) is 26.2 Å². The normalized spacial score (nSPS) is 10.3. The van der Waals surface area contributed by atoms with E-state index < -0.39 is 11.9 Å². The van der Waals surface area contributed by atoms with Crippen molar-refractivity contribution in [3.05, 3.63) is 59.2 Å². The zero-order chi connectivity index (χ0) is 19.8. The van der Waals surface area contributed by atoms with E-state index >= 15 is 0 Å². The van der Waals surface area contributed by atoms with Crippen LogP contribution in [-0.2, 0) is 16.0 Å². The minimum atomic E-state index is -0.875. The summed E-state index contributed by atoms with van der Waals surface area (Å²) in [6.45, 7) is 1.93. The first-order valence-electron chi connectivity index (χ1n) is 8.53. The molecule has 7 nitrogen and oxygen atoms in total. The highest BCUT2D eigenvalue weighted by atomic mass is 16.4. The van der Waals surface area contributed by atoms with Crippen molar-refractivity contribution in [1.29, 1.82) is 0 Å². The summed E-state index contributed by atoms with van der Waals surface area (Å²) in [5, 5.41) is 23.8. The number of phenols is 1. The van der Waals surface area contributed by atoms with E-state index in [2.05, 4.69) is 10.6 Å². The molecule has 2 aromatic rings. The van der Waals surface area contributed by atoms with Crippen molar-refractivity contribution in [2.24, 2.45) is 0 Å². The lowest BCUT2D eigenvalue weighted by Gasteiger charge is -2.09. The molecule has 0 saturated heterocycles. The van der Waals surface area contributed by atoms with Gasteiger partial charge in [0, 0.05) is 25.1 Å². The Morgan fingerprint density at radius 2 is 1.81 bits per heavy atom. The topological polar surface area (TPSA) is 116 Å². The van der Waals surface area contributed by atoms with Crippen LogP contribution in [-0.4, -0.2) is 34.5 Å². The number of anilines is 1. The van der Waals surface area contributed by atoms with E-state index in [1.807, 2.05) is 6.92 Å². The molecular formula is C20H22N2O5. The van der Waals surface area contributed by atoms with E-state index in [1.54, 1.807) is 30.3 Å². The largest absolute Gasteiger partial charge is 0.507 e. The molecule has 0 spiro atoms. The molecule has 27 heavy (non-hydrogen) atoms. The number of carboxylic acids is 1. The zero-order valence-electron chi connectivity index (χ0n) is 15.0. The van der Waals surface area contributed by atoms with Gasteiger partial charge in [-0.1, -0.05) is 18.2 Å². The van der Waals surface area contributed by atoms with Crippen LogP contribution in [0.25, 0.3) is 0 Å². The minimum Gasteiger partial charge on any atom is -0.507 e. The monoisotopic (exact) mass is 370 g/mol. The van der Waals surface area contributed by atoms with Crippen LogP contribution in [0, 0.1) is 6.92 Å². The van der Waals surface area contributed by atoms with E-state index in [1.165, 1.54) is 12.1 Å². The Morgan fingerprint density at radius 3 is 2.52 bits per heavy atom. The first-order chi connectivity index (χ1) is 12.8. The number of aryl methyl sites for hydroxylation is 2. The maximum absolute atomic E-state index is 12.0. The van der Waals surface area contributed by atoms with E-state index in [0.29, 0.717) is 12.1 Å². The maximum Gasteiger partial charge on any atom is 0.303 e. The molecule has 0 aliphatic rings. The first-order valence-corrected chi connectivity index (χ1v) is 8.53. The lowest BCUT2D eigenvalue weighted by atomic mass is 10.1. The van der Waals surface area contributed by atoms with Gasteiger partial charge in [0.05, 0.1) is 5.56 Å². The van der Waals surface area contributed by atoms with E-state index in [9.17, 15) is 19.5 Å². The van der Waals surface area contributed by atoms with Crippen LogP contribution < -0.4 is 10.6 Å². The predicted octanol–water partition coefficient (Wildman–Crippen LogP) is 2.48. The van der Waals surface area contributed by atoms with Crippen molar-refractivity contribution < 1.29 is 24.6 Å². The number of rotatable bonds is 8. The molecule has 0 aliphatic carbocycles. The molecule has 4 N–H and O–H groups in total. The number of hydrogen-bond acceptors (Lipinski definition) is 4. The standard InChI is InChI=1S/C20H22N2O5/c1-13-5-7-16(17(23)11-13)20(27)21-10-9-18(24)22-15-4-2-3-14(12-15)6-8-19(25)26/h2-5,7,11-12,23H,6,8-10H2,1H3,(H,21,27)(H,22,24)(H,25,26). The van der Waals surface area contributed by atoms with Gasteiger partial charge < -0.3 is 20.8 Å². The number of carbonyl (C=O) groups is 3. The third-order valence-electron chi connectivity index (χ3n) is 3.87. The van der Waals surface area contributed by atoms with Gasteiger partial charge in [-0.3, -0.25) is 14.4 Å². The van der Waals surface area contributed by atoms with Crippen molar-refractivity contribution in [1.82, 2.24) is 5.32 Å². The molecule has 2 amide bonds. The van der Waals surface area contributed by atoms with Gasteiger partial charge in [-0.2, -0.15) is 0 Å². The van der Waals surface area contributed by atoms with Crippen molar-refractivity contribution in [3.63, 3.8) is 0 Å². The van der Waals surface area contributed by atoms with Gasteiger partial charge >= 0.3 is 5.97 Å².